The maximum atomic E-state index is 14.6. The molecule has 4 rings (SSSR count). The Morgan fingerprint density at radius 3 is 2.68 bits per heavy atom. The predicted molar refractivity (Wildman–Crippen MR) is 95.3 cm³/mol. The van der Waals surface area contributed by atoms with Gasteiger partial charge in [-0.25, -0.2) is 4.39 Å². The highest BCUT2D eigenvalue weighted by atomic mass is 19.4. The quantitative estimate of drug-likeness (QED) is 0.808. The minimum atomic E-state index is -4.44. The van der Waals surface area contributed by atoms with E-state index in [0.29, 0.717) is 23.0 Å². The standard InChI is InChI=1S/C19H22F4N4O/c20-13-3-1-4-14-17(13)18(12-6-8-24-9-7-12)25-27(14)11-16(28)26-10-2-5-15(26)19(21,22)23/h1,3-4,12,15,24H,2,5-11H2/t15-/m0/s1. The second-order valence-corrected chi connectivity index (χ2v) is 7.49. The predicted octanol–water partition coefficient (Wildman–Crippen LogP) is 3.20. The Bertz CT molecular complexity index is 873. The van der Waals surface area contributed by atoms with Crippen molar-refractivity contribution in [3.63, 3.8) is 0 Å². The van der Waals surface area contributed by atoms with E-state index < -0.39 is 23.9 Å². The van der Waals surface area contributed by atoms with Crippen molar-refractivity contribution in [3.05, 3.63) is 29.7 Å². The molecule has 1 atom stereocenters. The van der Waals surface area contributed by atoms with Crippen LogP contribution in [0.2, 0.25) is 0 Å². The minimum absolute atomic E-state index is 0.0618. The summed E-state index contributed by atoms with van der Waals surface area (Å²) in [7, 11) is 0. The Kier molecular flexibility index (Phi) is 5.03. The fourth-order valence-corrected chi connectivity index (χ4v) is 4.34. The molecule has 1 amide bonds. The number of aromatic nitrogens is 2. The molecule has 1 aromatic carbocycles. The summed E-state index contributed by atoms with van der Waals surface area (Å²) in [5, 5.41) is 8.11. The number of hydrogen-bond donors (Lipinski definition) is 1. The third-order valence-corrected chi connectivity index (χ3v) is 5.72. The van der Waals surface area contributed by atoms with Crippen LogP contribution in [0, 0.1) is 5.82 Å². The summed E-state index contributed by atoms with van der Waals surface area (Å²) in [4.78, 5) is 13.5. The zero-order chi connectivity index (χ0) is 19.9. The topological polar surface area (TPSA) is 50.2 Å². The van der Waals surface area contributed by atoms with E-state index >= 15 is 0 Å². The fraction of sp³-hybridized carbons (Fsp3) is 0.579. The number of alkyl halides is 3. The molecule has 2 saturated heterocycles. The molecule has 2 aliphatic rings. The minimum Gasteiger partial charge on any atom is -0.329 e. The number of rotatable bonds is 3. The lowest BCUT2D eigenvalue weighted by molar-refractivity contribution is -0.183. The van der Waals surface area contributed by atoms with Crippen molar-refractivity contribution in [3.8, 4) is 0 Å². The molecule has 1 aromatic heterocycles. The number of piperidine rings is 1. The lowest BCUT2D eigenvalue weighted by Gasteiger charge is -2.26. The highest BCUT2D eigenvalue weighted by Crippen LogP contribution is 2.34. The summed E-state index contributed by atoms with van der Waals surface area (Å²) in [5.74, 6) is -0.990. The molecule has 0 radical (unpaired) electrons. The Labute approximate surface area is 159 Å². The molecule has 0 unspecified atom stereocenters. The summed E-state index contributed by atoms with van der Waals surface area (Å²) in [5.41, 5.74) is 1.04. The van der Waals surface area contributed by atoms with Crippen molar-refractivity contribution in [2.75, 3.05) is 19.6 Å². The number of carbonyl (C=O) groups is 1. The largest absolute Gasteiger partial charge is 0.408 e. The van der Waals surface area contributed by atoms with Gasteiger partial charge in [0.2, 0.25) is 5.91 Å². The molecular formula is C19H22F4N4O. The van der Waals surface area contributed by atoms with Crippen molar-refractivity contribution in [1.29, 1.82) is 0 Å². The summed E-state index contributed by atoms with van der Waals surface area (Å²) >= 11 is 0. The highest BCUT2D eigenvalue weighted by molar-refractivity contribution is 5.85. The van der Waals surface area contributed by atoms with E-state index in [9.17, 15) is 22.4 Å². The van der Waals surface area contributed by atoms with Crippen molar-refractivity contribution < 1.29 is 22.4 Å². The average Bonchev–Trinajstić information content (AvgIpc) is 3.29. The number of likely N-dealkylation sites (tertiary alicyclic amines) is 1. The van der Waals surface area contributed by atoms with Gasteiger partial charge in [-0.1, -0.05) is 6.07 Å². The zero-order valence-corrected chi connectivity index (χ0v) is 15.3. The van der Waals surface area contributed by atoms with Crippen LogP contribution in [-0.2, 0) is 11.3 Å². The second-order valence-electron chi connectivity index (χ2n) is 7.49. The Morgan fingerprint density at radius 1 is 1.21 bits per heavy atom. The lowest BCUT2D eigenvalue weighted by atomic mass is 9.92. The molecule has 3 heterocycles. The Morgan fingerprint density at radius 2 is 1.96 bits per heavy atom. The average molecular weight is 398 g/mol. The van der Waals surface area contributed by atoms with Crippen molar-refractivity contribution in [2.24, 2.45) is 0 Å². The van der Waals surface area contributed by atoms with Gasteiger partial charge in [-0.3, -0.25) is 9.48 Å². The van der Waals surface area contributed by atoms with E-state index in [4.69, 9.17) is 0 Å². The summed E-state index contributed by atoms with van der Waals surface area (Å²) in [6, 6.07) is 2.79. The van der Waals surface area contributed by atoms with Gasteiger partial charge < -0.3 is 10.2 Å². The van der Waals surface area contributed by atoms with Crippen LogP contribution in [0.3, 0.4) is 0 Å². The van der Waals surface area contributed by atoms with Crippen LogP contribution in [0.4, 0.5) is 17.6 Å². The van der Waals surface area contributed by atoms with Crippen LogP contribution < -0.4 is 5.32 Å². The molecule has 2 fully saturated rings. The second kappa shape index (κ2) is 7.35. The van der Waals surface area contributed by atoms with Crippen LogP contribution in [0.1, 0.15) is 37.3 Å². The number of amides is 1. The number of carbonyl (C=O) groups excluding carboxylic acids is 1. The van der Waals surface area contributed by atoms with E-state index in [0.717, 1.165) is 30.8 Å². The van der Waals surface area contributed by atoms with Gasteiger partial charge in [0.05, 0.1) is 16.6 Å². The third-order valence-electron chi connectivity index (χ3n) is 5.72. The molecule has 0 aliphatic carbocycles. The molecule has 28 heavy (non-hydrogen) atoms. The number of fused-ring (bicyclic) bond motifs is 1. The van der Waals surface area contributed by atoms with Gasteiger partial charge >= 0.3 is 6.18 Å². The molecule has 152 valence electrons. The molecule has 0 saturated carbocycles. The van der Waals surface area contributed by atoms with Gasteiger partial charge in [-0.15, -0.1) is 0 Å². The van der Waals surface area contributed by atoms with E-state index in [1.807, 2.05) is 0 Å². The highest BCUT2D eigenvalue weighted by Gasteiger charge is 2.47. The van der Waals surface area contributed by atoms with Crippen LogP contribution in [0.25, 0.3) is 10.9 Å². The first-order valence-corrected chi connectivity index (χ1v) is 9.58. The van der Waals surface area contributed by atoms with Gasteiger partial charge in [0.25, 0.3) is 0 Å². The molecule has 1 N–H and O–H groups in total. The molecule has 5 nitrogen and oxygen atoms in total. The van der Waals surface area contributed by atoms with E-state index in [-0.39, 0.29) is 25.4 Å². The SMILES string of the molecule is O=C(Cn1nc(C2CCNCC2)c2c(F)cccc21)N1CCC[C@H]1C(F)(F)F. The number of hydrogen-bond acceptors (Lipinski definition) is 3. The van der Waals surface area contributed by atoms with Gasteiger partial charge in [0.15, 0.2) is 0 Å². The number of halogens is 4. The van der Waals surface area contributed by atoms with Crippen molar-refractivity contribution in [2.45, 2.75) is 50.4 Å². The number of nitrogens with one attached hydrogen (secondary N) is 1. The molecule has 0 bridgehead atoms. The molecular weight excluding hydrogens is 376 g/mol. The van der Waals surface area contributed by atoms with E-state index in [2.05, 4.69) is 10.4 Å². The van der Waals surface area contributed by atoms with Gasteiger partial charge in [-0.05, 0) is 50.9 Å². The van der Waals surface area contributed by atoms with Crippen molar-refractivity contribution in [1.82, 2.24) is 20.0 Å². The summed E-state index contributed by atoms with van der Waals surface area (Å²) in [6.45, 7) is 1.36. The third kappa shape index (κ3) is 3.47. The van der Waals surface area contributed by atoms with Crippen LogP contribution in [-0.4, -0.2) is 52.4 Å². The molecule has 9 heteroatoms. The fourth-order valence-electron chi connectivity index (χ4n) is 4.34. The molecule has 2 aromatic rings. The van der Waals surface area contributed by atoms with Crippen LogP contribution >= 0.6 is 0 Å². The number of benzene rings is 1. The first kappa shape index (κ1) is 19.2. The molecule has 0 spiro atoms. The van der Waals surface area contributed by atoms with E-state index in [1.54, 1.807) is 6.07 Å². The normalized spacial score (nSPS) is 21.6. The summed E-state index contributed by atoms with van der Waals surface area (Å²) < 4.78 is 55.5. The first-order valence-electron chi connectivity index (χ1n) is 9.58. The maximum Gasteiger partial charge on any atom is 0.408 e. The lowest BCUT2D eigenvalue weighted by Crippen LogP contribution is -2.45. The zero-order valence-electron chi connectivity index (χ0n) is 15.3. The van der Waals surface area contributed by atoms with Crippen LogP contribution in [0.5, 0.6) is 0 Å². The Hall–Kier alpha value is -2.16. The molecule has 2 aliphatic heterocycles. The van der Waals surface area contributed by atoms with Gasteiger partial charge in [0.1, 0.15) is 18.4 Å². The van der Waals surface area contributed by atoms with Crippen LogP contribution in [0.15, 0.2) is 18.2 Å². The van der Waals surface area contributed by atoms with Gasteiger partial charge in [-0.2, -0.15) is 18.3 Å². The van der Waals surface area contributed by atoms with E-state index in [1.165, 1.54) is 16.8 Å². The van der Waals surface area contributed by atoms with Gasteiger partial charge in [0, 0.05) is 12.5 Å². The smallest absolute Gasteiger partial charge is 0.329 e. The van der Waals surface area contributed by atoms with Crippen molar-refractivity contribution >= 4 is 16.8 Å². The summed E-state index contributed by atoms with van der Waals surface area (Å²) in [6.07, 6.45) is -2.59. The number of nitrogens with zero attached hydrogens (tertiary/aromatic N) is 3. The Balaban J connectivity index is 1.65. The first-order chi connectivity index (χ1) is 13.4. The maximum absolute atomic E-state index is 14.6. The monoisotopic (exact) mass is 398 g/mol.